The second-order valence-electron chi connectivity index (χ2n) is 5.74. The number of carbonyl (C=O) groups is 1. The molecular weight excluding hydrogens is 499 g/mol. The minimum atomic E-state index is -0.187. The number of ether oxygens (including phenoxy) is 2. The monoisotopic (exact) mass is 518 g/mol. The molecule has 0 spiro atoms. The van der Waals surface area contributed by atoms with E-state index in [-0.39, 0.29) is 17.8 Å². The lowest BCUT2D eigenvalue weighted by Crippen LogP contribution is -2.19. The molecule has 0 bridgehead atoms. The first-order valence-corrected chi connectivity index (χ1v) is 10.6. The van der Waals surface area contributed by atoms with E-state index in [9.17, 15) is 4.79 Å². The van der Waals surface area contributed by atoms with Gasteiger partial charge >= 0.3 is 0 Å². The molecule has 0 heterocycles. The molecule has 0 aliphatic heterocycles. The number of halogens is 2. The fourth-order valence-electron chi connectivity index (χ4n) is 2.06. The van der Waals surface area contributed by atoms with Gasteiger partial charge in [0.15, 0.2) is 11.5 Å². The van der Waals surface area contributed by atoms with Crippen LogP contribution < -0.4 is 14.9 Å². The van der Waals surface area contributed by atoms with Crippen molar-refractivity contribution < 1.29 is 14.3 Å². The van der Waals surface area contributed by atoms with Crippen LogP contribution in [0.5, 0.6) is 11.5 Å². The number of hydrogen-bond donors (Lipinski definition) is 1. The van der Waals surface area contributed by atoms with Crippen LogP contribution in [0.4, 0.5) is 0 Å². The molecule has 0 unspecified atom stereocenters. The highest BCUT2D eigenvalue weighted by Gasteiger charge is 2.12. The number of nitrogens with one attached hydrogen (secondary N) is 1. The van der Waals surface area contributed by atoms with Gasteiger partial charge < -0.3 is 9.47 Å². The summed E-state index contributed by atoms with van der Waals surface area (Å²) in [4.78, 5) is 12.9. The standard InChI is InChI=1S/C19H20ClIN2O3S/c1-12(2)26-19-16(21)8-13(9-17(19)25-3)10-22-23-18(24)11-27-15-6-4-14(20)5-7-15/h4-10,12H,11H2,1-3H3,(H,23,24)/b22-10-. The van der Waals surface area contributed by atoms with Crippen LogP contribution in [0, 0.1) is 3.57 Å². The molecule has 27 heavy (non-hydrogen) atoms. The van der Waals surface area contributed by atoms with Gasteiger partial charge in [-0.25, -0.2) is 5.43 Å². The Bertz CT molecular complexity index is 813. The Labute approximate surface area is 182 Å². The molecule has 1 N–H and O–H groups in total. The number of benzene rings is 2. The fraction of sp³-hybridized carbons (Fsp3) is 0.263. The molecule has 0 aliphatic carbocycles. The van der Waals surface area contributed by atoms with Crippen molar-refractivity contribution in [2.24, 2.45) is 5.10 Å². The van der Waals surface area contributed by atoms with Crippen LogP contribution in [0.3, 0.4) is 0 Å². The third kappa shape index (κ3) is 7.23. The number of hydrogen-bond acceptors (Lipinski definition) is 5. The molecule has 2 aromatic carbocycles. The average Bonchev–Trinajstić information content (AvgIpc) is 2.63. The number of carbonyl (C=O) groups excluding carboxylic acids is 1. The molecule has 0 radical (unpaired) electrons. The summed E-state index contributed by atoms with van der Waals surface area (Å²) in [6, 6.07) is 11.1. The van der Waals surface area contributed by atoms with Crippen LogP contribution >= 0.6 is 46.0 Å². The first-order chi connectivity index (χ1) is 12.9. The summed E-state index contributed by atoms with van der Waals surface area (Å²) >= 11 is 9.45. The molecule has 0 fully saturated rings. The lowest BCUT2D eigenvalue weighted by molar-refractivity contribution is -0.118. The van der Waals surface area contributed by atoms with E-state index in [4.69, 9.17) is 21.1 Å². The van der Waals surface area contributed by atoms with Gasteiger partial charge in [-0.15, -0.1) is 11.8 Å². The molecule has 144 valence electrons. The van der Waals surface area contributed by atoms with Gasteiger partial charge in [-0.3, -0.25) is 4.79 Å². The van der Waals surface area contributed by atoms with E-state index in [1.807, 2.05) is 38.1 Å². The third-order valence-corrected chi connectivity index (χ3v) is 5.26. The van der Waals surface area contributed by atoms with Gasteiger partial charge in [0.05, 0.1) is 28.8 Å². The minimum absolute atomic E-state index is 0.0457. The highest BCUT2D eigenvalue weighted by Crippen LogP contribution is 2.34. The van der Waals surface area contributed by atoms with Crippen molar-refractivity contribution in [2.75, 3.05) is 12.9 Å². The van der Waals surface area contributed by atoms with Crippen molar-refractivity contribution in [2.45, 2.75) is 24.8 Å². The topological polar surface area (TPSA) is 59.9 Å². The lowest BCUT2D eigenvalue weighted by atomic mass is 10.2. The molecule has 8 heteroatoms. The van der Waals surface area contributed by atoms with Gasteiger partial charge in [-0.2, -0.15) is 5.10 Å². The maximum Gasteiger partial charge on any atom is 0.250 e. The quantitative estimate of drug-likeness (QED) is 0.232. The lowest BCUT2D eigenvalue weighted by Gasteiger charge is -2.15. The van der Waals surface area contributed by atoms with E-state index >= 15 is 0 Å². The van der Waals surface area contributed by atoms with Crippen LogP contribution in [-0.2, 0) is 4.79 Å². The van der Waals surface area contributed by atoms with Gasteiger partial charge in [0.25, 0.3) is 0 Å². The van der Waals surface area contributed by atoms with E-state index in [0.29, 0.717) is 16.5 Å². The van der Waals surface area contributed by atoms with Gasteiger partial charge in [-0.05, 0) is 78.4 Å². The fourth-order valence-corrected chi connectivity index (χ4v) is 3.62. The summed E-state index contributed by atoms with van der Waals surface area (Å²) in [7, 11) is 1.59. The van der Waals surface area contributed by atoms with Crippen LogP contribution in [0.25, 0.3) is 0 Å². The Kier molecular flexibility index (Phi) is 8.72. The van der Waals surface area contributed by atoms with Crippen molar-refractivity contribution in [1.29, 1.82) is 0 Å². The number of hydrazone groups is 1. The van der Waals surface area contributed by atoms with Crippen molar-refractivity contribution in [1.82, 2.24) is 5.43 Å². The van der Waals surface area contributed by atoms with Crippen molar-refractivity contribution in [3.8, 4) is 11.5 Å². The Hall–Kier alpha value is -1.45. The van der Waals surface area contributed by atoms with Gasteiger partial charge in [0, 0.05) is 9.92 Å². The zero-order valence-corrected chi connectivity index (χ0v) is 18.9. The van der Waals surface area contributed by atoms with Crippen LogP contribution in [-0.4, -0.2) is 31.1 Å². The maximum atomic E-state index is 11.9. The molecule has 0 aliphatic rings. The largest absolute Gasteiger partial charge is 0.493 e. The summed E-state index contributed by atoms with van der Waals surface area (Å²) in [5.74, 6) is 1.41. The summed E-state index contributed by atoms with van der Waals surface area (Å²) in [5.41, 5.74) is 3.33. The summed E-state index contributed by atoms with van der Waals surface area (Å²) in [6.07, 6.45) is 1.62. The molecule has 0 saturated heterocycles. The minimum Gasteiger partial charge on any atom is -0.493 e. The van der Waals surface area contributed by atoms with E-state index < -0.39 is 0 Å². The number of rotatable bonds is 8. The highest BCUT2D eigenvalue weighted by atomic mass is 127. The zero-order valence-electron chi connectivity index (χ0n) is 15.2. The normalized spacial score (nSPS) is 11.0. The Morgan fingerprint density at radius 3 is 2.67 bits per heavy atom. The third-order valence-electron chi connectivity index (χ3n) is 3.19. The average molecular weight is 519 g/mol. The molecule has 2 rings (SSSR count). The molecule has 1 amide bonds. The molecular formula is C19H20ClIN2O3S. The van der Waals surface area contributed by atoms with Gasteiger partial charge in [-0.1, -0.05) is 11.6 Å². The maximum absolute atomic E-state index is 11.9. The van der Waals surface area contributed by atoms with Crippen LogP contribution in [0.2, 0.25) is 5.02 Å². The van der Waals surface area contributed by atoms with Gasteiger partial charge in [0.1, 0.15) is 0 Å². The Morgan fingerprint density at radius 1 is 1.33 bits per heavy atom. The summed E-state index contributed by atoms with van der Waals surface area (Å²) in [5, 5.41) is 4.69. The second kappa shape index (κ2) is 10.8. The summed E-state index contributed by atoms with van der Waals surface area (Å²) in [6.45, 7) is 3.92. The van der Waals surface area contributed by atoms with Gasteiger partial charge in [0.2, 0.25) is 5.91 Å². The van der Waals surface area contributed by atoms with Crippen LogP contribution in [0.15, 0.2) is 46.4 Å². The molecule has 0 aromatic heterocycles. The summed E-state index contributed by atoms with van der Waals surface area (Å²) < 4.78 is 12.1. The Morgan fingerprint density at radius 2 is 2.04 bits per heavy atom. The number of thioether (sulfide) groups is 1. The predicted octanol–water partition coefficient (Wildman–Crippen LogP) is 4.98. The van der Waals surface area contributed by atoms with E-state index in [1.54, 1.807) is 25.5 Å². The molecule has 0 saturated carbocycles. The predicted molar refractivity (Wildman–Crippen MR) is 119 cm³/mol. The first-order valence-electron chi connectivity index (χ1n) is 8.13. The number of nitrogens with zero attached hydrogens (tertiary/aromatic N) is 1. The second-order valence-corrected chi connectivity index (χ2v) is 8.38. The zero-order chi connectivity index (χ0) is 19.8. The molecule has 0 atom stereocenters. The number of methoxy groups -OCH3 is 1. The van der Waals surface area contributed by atoms with E-state index in [1.165, 1.54) is 11.8 Å². The van der Waals surface area contributed by atoms with Crippen molar-refractivity contribution in [3.05, 3.63) is 50.6 Å². The highest BCUT2D eigenvalue weighted by molar-refractivity contribution is 14.1. The van der Waals surface area contributed by atoms with Crippen molar-refractivity contribution >= 4 is 58.1 Å². The molecule has 2 aromatic rings. The first kappa shape index (κ1) is 21.8. The smallest absolute Gasteiger partial charge is 0.250 e. The number of amides is 1. The van der Waals surface area contributed by atoms with Crippen LogP contribution in [0.1, 0.15) is 19.4 Å². The Balaban J connectivity index is 1.93. The van der Waals surface area contributed by atoms with E-state index in [2.05, 4.69) is 33.1 Å². The van der Waals surface area contributed by atoms with E-state index in [0.717, 1.165) is 14.0 Å². The van der Waals surface area contributed by atoms with Crippen molar-refractivity contribution in [3.63, 3.8) is 0 Å². The molecule has 5 nitrogen and oxygen atoms in total. The SMILES string of the molecule is COc1cc(/C=N\NC(=O)CSc2ccc(Cl)cc2)cc(I)c1OC(C)C.